The zero-order valence-electron chi connectivity index (χ0n) is 17.6. The summed E-state index contributed by atoms with van der Waals surface area (Å²) in [6.07, 6.45) is -1.51. The van der Waals surface area contributed by atoms with Crippen molar-refractivity contribution < 1.29 is 22.8 Å². The molecule has 0 aliphatic heterocycles. The molecule has 10 heteroatoms. The third-order valence-corrected chi connectivity index (χ3v) is 4.89. The lowest BCUT2D eigenvalue weighted by molar-refractivity contribution is -0.137. The number of aromatic nitrogens is 3. The Morgan fingerprint density at radius 1 is 0.882 bits per heavy atom. The Balaban J connectivity index is 1.47. The number of hydrogen-bond donors (Lipinski definition) is 2. The zero-order chi connectivity index (χ0) is 24.1. The number of para-hydroxylation sites is 1. The standard InChI is InChI=1S/C24H18F3N5O2/c25-24(26,27)18-4-3-5-19(12-18)30-23(34)20-6-1-2-7-21(20)31-22(33)17-10-8-16(9-11-17)13-32-15-28-14-29-32/h1-12,14-15H,13H2,(H,30,34)(H,31,33). The molecular formula is C24H18F3N5O2. The number of halogens is 3. The quantitative estimate of drug-likeness (QED) is 0.426. The third kappa shape index (κ3) is 5.47. The number of alkyl halides is 3. The van der Waals surface area contributed by atoms with Crippen molar-refractivity contribution in [2.24, 2.45) is 0 Å². The van der Waals surface area contributed by atoms with Gasteiger partial charge in [0.05, 0.1) is 23.4 Å². The van der Waals surface area contributed by atoms with Crippen LogP contribution in [0.15, 0.2) is 85.5 Å². The molecule has 0 aliphatic rings. The van der Waals surface area contributed by atoms with Crippen molar-refractivity contribution >= 4 is 23.2 Å². The Bertz CT molecular complexity index is 1300. The van der Waals surface area contributed by atoms with E-state index in [2.05, 4.69) is 20.7 Å². The molecule has 1 heterocycles. The first-order valence-corrected chi connectivity index (χ1v) is 10.1. The molecule has 0 saturated carbocycles. The number of carbonyl (C=O) groups excluding carboxylic acids is 2. The second kappa shape index (κ2) is 9.57. The van der Waals surface area contributed by atoms with Gasteiger partial charge in [0.25, 0.3) is 11.8 Å². The van der Waals surface area contributed by atoms with E-state index in [-0.39, 0.29) is 16.9 Å². The molecule has 2 amide bonds. The summed E-state index contributed by atoms with van der Waals surface area (Å²) in [6, 6.07) is 17.4. The molecule has 0 saturated heterocycles. The van der Waals surface area contributed by atoms with Crippen molar-refractivity contribution in [1.82, 2.24) is 14.8 Å². The SMILES string of the molecule is O=C(Nc1ccccc1C(=O)Nc1cccc(C(F)(F)F)c1)c1ccc(Cn2cncn2)cc1. The van der Waals surface area contributed by atoms with Gasteiger partial charge in [-0.2, -0.15) is 18.3 Å². The summed E-state index contributed by atoms with van der Waals surface area (Å²) < 4.78 is 40.5. The first-order chi connectivity index (χ1) is 16.3. The number of amides is 2. The fraction of sp³-hybridized carbons (Fsp3) is 0.0833. The number of rotatable bonds is 6. The number of benzene rings is 3. The maximum atomic E-state index is 12.9. The highest BCUT2D eigenvalue weighted by Crippen LogP contribution is 2.31. The van der Waals surface area contributed by atoms with Crippen LogP contribution in [0.5, 0.6) is 0 Å². The Morgan fingerprint density at radius 3 is 2.35 bits per heavy atom. The topological polar surface area (TPSA) is 88.9 Å². The summed E-state index contributed by atoms with van der Waals surface area (Å²) in [6.45, 7) is 0.500. The predicted molar refractivity (Wildman–Crippen MR) is 119 cm³/mol. The molecule has 1 aromatic heterocycles. The number of nitrogens with one attached hydrogen (secondary N) is 2. The second-order valence-corrected chi connectivity index (χ2v) is 7.32. The van der Waals surface area contributed by atoms with Gasteiger partial charge in [0.15, 0.2) is 0 Å². The van der Waals surface area contributed by atoms with E-state index in [0.29, 0.717) is 12.1 Å². The second-order valence-electron chi connectivity index (χ2n) is 7.32. The molecule has 0 spiro atoms. The molecule has 4 aromatic rings. The van der Waals surface area contributed by atoms with Gasteiger partial charge in [0.2, 0.25) is 0 Å². The Kier molecular flexibility index (Phi) is 6.39. The highest BCUT2D eigenvalue weighted by Gasteiger charge is 2.30. The fourth-order valence-corrected chi connectivity index (χ4v) is 3.22. The molecule has 34 heavy (non-hydrogen) atoms. The number of anilines is 2. The first-order valence-electron chi connectivity index (χ1n) is 10.1. The minimum atomic E-state index is -4.53. The molecule has 0 radical (unpaired) electrons. The van der Waals surface area contributed by atoms with E-state index in [1.54, 1.807) is 47.4 Å². The molecule has 7 nitrogen and oxygen atoms in total. The lowest BCUT2D eigenvalue weighted by atomic mass is 10.1. The monoisotopic (exact) mass is 465 g/mol. The summed E-state index contributed by atoms with van der Waals surface area (Å²) in [4.78, 5) is 29.4. The van der Waals surface area contributed by atoms with Gasteiger partial charge in [0.1, 0.15) is 12.7 Å². The van der Waals surface area contributed by atoms with Crippen molar-refractivity contribution in [2.75, 3.05) is 10.6 Å². The average molecular weight is 465 g/mol. The van der Waals surface area contributed by atoms with Crippen LogP contribution in [-0.4, -0.2) is 26.6 Å². The lowest BCUT2D eigenvalue weighted by Gasteiger charge is -2.13. The van der Waals surface area contributed by atoms with E-state index in [1.807, 2.05) is 0 Å². The van der Waals surface area contributed by atoms with Gasteiger partial charge < -0.3 is 10.6 Å². The minimum Gasteiger partial charge on any atom is -0.322 e. The van der Waals surface area contributed by atoms with Gasteiger partial charge in [-0.1, -0.05) is 30.3 Å². The van der Waals surface area contributed by atoms with Crippen LogP contribution in [0.25, 0.3) is 0 Å². The molecule has 3 aromatic carbocycles. The van der Waals surface area contributed by atoms with Crippen LogP contribution >= 0.6 is 0 Å². The molecule has 172 valence electrons. The lowest BCUT2D eigenvalue weighted by Crippen LogP contribution is -2.18. The van der Waals surface area contributed by atoms with Crippen LogP contribution in [0.1, 0.15) is 31.8 Å². The van der Waals surface area contributed by atoms with E-state index in [0.717, 1.165) is 17.7 Å². The minimum absolute atomic E-state index is 0.0103. The number of nitrogens with zero attached hydrogens (tertiary/aromatic N) is 3. The fourth-order valence-electron chi connectivity index (χ4n) is 3.22. The Labute approximate surface area is 192 Å². The molecule has 0 bridgehead atoms. The van der Waals surface area contributed by atoms with Crippen molar-refractivity contribution in [3.63, 3.8) is 0 Å². The molecule has 0 unspecified atom stereocenters. The van der Waals surface area contributed by atoms with E-state index >= 15 is 0 Å². The highest BCUT2D eigenvalue weighted by atomic mass is 19.4. The van der Waals surface area contributed by atoms with Crippen molar-refractivity contribution in [3.8, 4) is 0 Å². The van der Waals surface area contributed by atoms with Crippen molar-refractivity contribution in [3.05, 3.63) is 108 Å². The normalized spacial score (nSPS) is 11.1. The molecule has 4 rings (SSSR count). The summed E-state index contributed by atoms with van der Waals surface area (Å²) in [5.41, 5.74) is 0.737. The van der Waals surface area contributed by atoms with Crippen LogP contribution in [0, 0.1) is 0 Å². The van der Waals surface area contributed by atoms with Crippen LogP contribution in [0.3, 0.4) is 0 Å². The largest absolute Gasteiger partial charge is 0.416 e. The highest BCUT2D eigenvalue weighted by molar-refractivity contribution is 6.12. The summed E-state index contributed by atoms with van der Waals surface area (Å²) >= 11 is 0. The van der Waals surface area contributed by atoms with Gasteiger partial charge in [-0.25, -0.2) is 9.67 Å². The van der Waals surface area contributed by atoms with Crippen LogP contribution in [-0.2, 0) is 12.7 Å². The van der Waals surface area contributed by atoms with E-state index < -0.39 is 23.6 Å². The Hall–Kier alpha value is -4.47. The van der Waals surface area contributed by atoms with Crippen LogP contribution in [0.4, 0.5) is 24.5 Å². The van der Waals surface area contributed by atoms with Gasteiger partial charge in [0, 0.05) is 11.3 Å². The maximum absolute atomic E-state index is 12.9. The van der Waals surface area contributed by atoms with E-state index in [4.69, 9.17) is 0 Å². The smallest absolute Gasteiger partial charge is 0.322 e. The molecule has 0 aliphatic carbocycles. The van der Waals surface area contributed by atoms with E-state index in [1.165, 1.54) is 30.6 Å². The number of carbonyl (C=O) groups is 2. The van der Waals surface area contributed by atoms with Crippen LogP contribution in [0.2, 0.25) is 0 Å². The van der Waals surface area contributed by atoms with Gasteiger partial charge in [-0.05, 0) is 48.0 Å². The summed E-state index contributed by atoms with van der Waals surface area (Å²) in [5, 5.41) is 9.17. The van der Waals surface area contributed by atoms with Gasteiger partial charge in [-0.3, -0.25) is 9.59 Å². The van der Waals surface area contributed by atoms with E-state index in [9.17, 15) is 22.8 Å². The van der Waals surface area contributed by atoms with Crippen LogP contribution < -0.4 is 10.6 Å². The molecule has 2 N–H and O–H groups in total. The summed E-state index contributed by atoms with van der Waals surface area (Å²) in [7, 11) is 0. The first kappa shape index (κ1) is 22.7. The van der Waals surface area contributed by atoms with Gasteiger partial charge in [-0.15, -0.1) is 0 Å². The molecular weight excluding hydrogens is 447 g/mol. The van der Waals surface area contributed by atoms with Crippen molar-refractivity contribution in [2.45, 2.75) is 12.7 Å². The van der Waals surface area contributed by atoms with Gasteiger partial charge >= 0.3 is 6.18 Å². The maximum Gasteiger partial charge on any atom is 0.416 e. The van der Waals surface area contributed by atoms with Crippen molar-refractivity contribution in [1.29, 1.82) is 0 Å². The Morgan fingerprint density at radius 2 is 1.65 bits per heavy atom. The predicted octanol–water partition coefficient (Wildman–Crippen LogP) is 4.85. The third-order valence-electron chi connectivity index (χ3n) is 4.89. The molecule has 0 fully saturated rings. The number of hydrogen-bond acceptors (Lipinski definition) is 4. The average Bonchev–Trinajstić information content (AvgIpc) is 3.32. The molecule has 0 atom stereocenters. The summed E-state index contributed by atoms with van der Waals surface area (Å²) in [5.74, 6) is -1.09. The zero-order valence-corrected chi connectivity index (χ0v) is 17.6.